The highest BCUT2D eigenvalue weighted by atomic mass is 35.5. The van der Waals surface area contributed by atoms with E-state index in [4.69, 9.17) is 32.7 Å². The van der Waals surface area contributed by atoms with Gasteiger partial charge in [0.05, 0.1) is 37.7 Å². The van der Waals surface area contributed by atoms with Gasteiger partial charge in [0.25, 0.3) is 0 Å². The highest BCUT2D eigenvalue weighted by molar-refractivity contribution is 6.35. The fourth-order valence-corrected chi connectivity index (χ4v) is 4.11. The van der Waals surface area contributed by atoms with Gasteiger partial charge in [-0.05, 0) is 42.0 Å². The first-order chi connectivity index (χ1) is 15.9. The van der Waals surface area contributed by atoms with Crippen LogP contribution in [0.2, 0.25) is 10.0 Å². The molecule has 2 saturated heterocycles. The summed E-state index contributed by atoms with van der Waals surface area (Å²) in [5, 5.41) is 3.62. The van der Waals surface area contributed by atoms with Gasteiger partial charge in [-0.25, -0.2) is 9.18 Å². The largest absolute Gasteiger partial charge is 0.442 e. The van der Waals surface area contributed by atoms with Gasteiger partial charge in [-0.1, -0.05) is 29.3 Å². The lowest BCUT2D eigenvalue weighted by Crippen LogP contribution is -2.36. The lowest BCUT2D eigenvalue weighted by molar-refractivity contribution is -0.116. The van der Waals surface area contributed by atoms with Crippen molar-refractivity contribution in [1.29, 1.82) is 0 Å². The van der Waals surface area contributed by atoms with Crippen LogP contribution < -0.4 is 15.1 Å². The molecule has 174 valence electrons. The van der Waals surface area contributed by atoms with E-state index in [0.29, 0.717) is 53.3 Å². The lowest BCUT2D eigenvalue weighted by Gasteiger charge is -2.29. The summed E-state index contributed by atoms with van der Waals surface area (Å²) < 4.78 is 25.3. The quantitative estimate of drug-likeness (QED) is 0.612. The molecule has 2 fully saturated rings. The molecule has 0 aromatic heterocycles. The number of carbonyl (C=O) groups excluding carboxylic acids is 2. The molecule has 10 heteroatoms. The van der Waals surface area contributed by atoms with Crippen molar-refractivity contribution in [1.82, 2.24) is 5.32 Å². The minimum absolute atomic E-state index is 0.119. The lowest BCUT2D eigenvalue weighted by atomic mass is 10.2. The van der Waals surface area contributed by atoms with Crippen LogP contribution in [0.5, 0.6) is 0 Å². The molecule has 2 aliphatic rings. The fourth-order valence-electron chi connectivity index (χ4n) is 3.64. The van der Waals surface area contributed by atoms with Crippen molar-refractivity contribution in [2.24, 2.45) is 0 Å². The second-order valence-corrected chi connectivity index (χ2v) is 8.44. The van der Waals surface area contributed by atoms with Crippen molar-refractivity contribution < 1.29 is 23.5 Å². The number of nitrogens with zero attached hydrogens (tertiary/aromatic N) is 2. The third kappa shape index (κ3) is 5.76. The number of hydrogen-bond donors (Lipinski definition) is 1. The molecule has 7 nitrogen and oxygen atoms in total. The van der Waals surface area contributed by atoms with Crippen LogP contribution in [-0.2, 0) is 14.3 Å². The Balaban J connectivity index is 1.32. The monoisotopic (exact) mass is 493 g/mol. The number of nitrogens with one attached hydrogen (secondary N) is 1. The standard InChI is InChI=1S/C23H22Cl2FN3O4/c24-16-3-1-15(19(25)11-16)2-6-22(30)27-13-18-14-29(23(31)33-18)17-4-5-21(20(26)12-17)28-7-9-32-10-8-28/h1-6,11-12,18H,7-10,13-14H2,(H,27,30). The number of morpholine rings is 1. The number of hydrogen-bond acceptors (Lipinski definition) is 5. The molecule has 0 bridgehead atoms. The summed E-state index contributed by atoms with van der Waals surface area (Å²) in [6, 6.07) is 9.64. The third-order valence-corrected chi connectivity index (χ3v) is 5.91. The average Bonchev–Trinajstić information content (AvgIpc) is 3.18. The van der Waals surface area contributed by atoms with E-state index in [1.54, 1.807) is 36.4 Å². The summed E-state index contributed by atoms with van der Waals surface area (Å²) in [5.74, 6) is -0.777. The van der Waals surface area contributed by atoms with Crippen molar-refractivity contribution in [3.63, 3.8) is 0 Å². The normalized spacial score (nSPS) is 18.6. The summed E-state index contributed by atoms with van der Waals surface area (Å²) in [7, 11) is 0. The van der Waals surface area contributed by atoms with Gasteiger partial charge in [0.15, 0.2) is 0 Å². The molecule has 33 heavy (non-hydrogen) atoms. The Labute approximate surface area is 200 Å². The van der Waals surface area contributed by atoms with Crippen LogP contribution in [0.25, 0.3) is 6.08 Å². The van der Waals surface area contributed by atoms with E-state index >= 15 is 0 Å². The number of anilines is 2. The minimum atomic E-state index is -0.587. The zero-order chi connectivity index (χ0) is 23.4. The predicted molar refractivity (Wildman–Crippen MR) is 126 cm³/mol. The molecule has 0 saturated carbocycles. The van der Waals surface area contributed by atoms with Crippen molar-refractivity contribution in [3.8, 4) is 0 Å². The Morgan fingerprint density at radius 3 is 2.70 bits per heavy atom. The number of carbonyl (C=O) groups is 2. The van der Waals surface area contributed by atoms with Gasteiger partial charge >= 0.3 is 6.09 Å². The average molecular weight is 494 g/mol. The van der Waals surface area contributed by atoms with Crippen molar-refractivity contribution in [2.45, 2.75) is 6.10 Å². The van der Waals surface area contributed by atoms with E-state index in [-0.39, 0.29) is 19.0 Å². The van der Waals surface area contributed by atoms with Gasteiger partial charge in [0, 0.05) is 29.2 Å². The zero-order valence-corrected chi connectivity index (χ0v) is 19.1. The molecule has 2 amide bonds. The van der Waals surface area contributed by atoms with Crippen LogP contribution in [0.1, 0.15) is 5.56 Å². The molecule has 0 aliphatic carbocycles. The first-order valence-electron chi connectivity index (χ1n) is 10.4. The molecule has 0 spiro atoms. The van der Waals surface area contributed by atoms with Crippen LogP contribution in [0, 0.1) is 5.82 Å². The molecule has 1 N–H and O–H groups in total. The number of halogens is 3. The smallest absolute Gasteiger partial charge is 0.414 e. The molecule has 1 atom stereocenters. The zero-order valence-electron chi connectivity index (χ0n) is 17.6. The summed E-state index contributed by atoms with van der Waals surface area (Å²) in [6.45, 7) is 2.64. The number of benzene rings is 2. The minimum Gasteiger partial charge on any atom is -0.442 e. The Bertz CT molecular complexity index is 1080. The Morgan fingerprint density at radius 1 is 1.18 bits per heavy atom. The van der Waals surface area contributed by atoms with Gasteiger partial charge < -0.3 is 19.7 Å². The molecule has 2 aliphatic heterocycles. The second kappa shape index (κ2) is 10.4. The summed E-state index contributed by atoms with van der Waals surface area (Å²) in [5.41, 5.74) is 1.53. The van der Waals surface area contributed by atoms with E-state index in [9.17, 15) is 14.0 Å². The molecule has 2 aromatic carbocycles. The Hall–Kier alpha value is -2.81. The fraction of sp³-hybridized carbons (Fsp3) is 0.304. The van der Waals surface area contributed by atoms with Gasteiger partial charge in [0.2, 0.25) is 5.91 Å². The maximum atomic E-state index is 14.7. The predicted octanol–water partition coefficient (Wildman–Crippen LogP) is 4.12. The Morgan fingerprint density at radius 2 is 1.97 bits per heavy atom. The van der Waals surface area contributed by atoms with Crippen LogP contribution in [0.15, 0.2) is 42.5 Å². The summed E-state index contributed by atoms with van der Waals surface area (Å²) in [4.78, 5) is 27.7. The van der Waals surface area contributed by atoms with Crippen LogP contribution in [-0.4, -0.2) is 57.5 Å². The number of rotatable bonds is 6. The van der Waals surface area contributed by atoms with Crippen molar-refractivity contribution in [2.75, 3.05) is 49.2 Å². The summed E-state index contributed by atoms with van der Waals surface area (Å²) in [6.07, 6.45) is 1.76. The third-order valence-electron chi connectivity index (χ3n) is 5.35. The number of ether oxygens (including phenoxy) is 2. The Kier molecular flexibility index (Phi) is 7.37. The topological polar surface area (TPSA) is 71.1 Å². The molecule has 2 heterocycles. The number of cyclic esters (lactones) is 1. The molecular formula is C23H22Cl2FN3O4. The van der Waals surface area contributed by atoms with Crippen molar-refractivity contribution in [3.05, 3.63) is 63.9 Å². The highest BCUT2D eigenvalue weighted by Crippen LogP contribution is 2.28. The molecular weight excluding hydrogens is 472 g/mol. The first-order valence-corrected chi connectivity index (χ1v) is 11.2. The van der Waals surface area contributed by atoms with Gasteiger partial charge in [-0.2, -0.15) is 0 Å². The van der Waals surface area contributed by atoms with E-state index in [0.717, 1.165) is 0 Å². The highest BCUT2D eigenvalue weighted by Gasteiger charge is 2.33. The maximum Gasteiger partial charge on any atom is 0.414 e. The SMILES string of the molecule is O=C(C=Cc1ccc(Cl)cc1Cl)NCC1CN(c2ccc(N3CCOCC3)c(F)c2)C(=O)O1. The summed E-state index contributed by atoms with van der Waals surface area (Å²) >= 11 is 11.9. The van der Waals surface area contributed by atoms with Crippen molar-refractivity contribution >= 4 is 52.7 Å². The van der Waals surface area contributed by atoms with E-state index in [1.165, 1.54) is 17.0 Å². The van der Waals surface area contributed by atoms with Crippen LogP contribution in [0.3, 0.4) is 0 Å². The van der Waals surface area contributed by atoms with E-state index in [2.05, 4.69) is 5.32 Å². The molecule has 0 radical (unpaired) electrons. The molecule has 4 rings (SSSR count). The van der Waals surface area contributed by atoms with Crippen LogP contribution >= 0.6 is 23.2 Å². The van der Waals surface area contributed by atoms with E-state index < -0.39 is 18.0 Å². The molecule has 2 aromatic rings. The van der Waals surface area contributed by atoms with Gasteiger partial charge in [-0.15, -0.1) is 0 Å². The maximum absolute atomic E-state index is 14.7. The van der Waals surface area contributed by atoms with Gasteiger partial charge in [-0.3, -0.25) is 9.69 Å². The van der Waals surface area contributed by atoms with E-state index in [1.807, 2.05) is 4.90 Å². The number of amides is 2. The first kappa shape index (κ1) is 23.4. The van der Waals surface area contributed by atoms with Gasteiger partial charge in [0.1, 0.15) is 11.9 Å². The molecule has 1 unspecified atom stereocenters. The van der Waals surface area contributed by atoms with Crippen LogP contribution in [0.4, 0.5) is 20.6 Å². The second-order valence-electron chi connectivity index (χ2n) is 7.60.